The minimum Gasteiger partial charge on any atom is -0.439 e. The second-order valence-corrected chi connectivity index (χ2v) is 4.71. The Morgan fingerprint density at radius 1 is 1.08 bits per heavy atom. The van der Waals surface area contributed by atoms with E-state index >= 15 is 0 Å². The Morgan fingerprint density at radius 2 is 1.62 bits per heavy atom. The molecule has 0 atom stereocenters. The summed E-state index contributed by atoms with van der Waals surface area (Å²) in [5.74, 6) is -1.79. The number of esters is 1. The second-order valence-electron chi connectivity index (χ2n) is 4.71. The topological polar surface area (TPSA) is 57.0 Å². The fraction of sp³-hybridized carbons (Fsp3) is 0.308. The summed E-state index contributed by atoms with van der Waals surface area (Å²) in [7, 11) is 0. The Morgan fingerprint density at radius 3 is 2.12 bits per heavy atom. The van der Waals surface area contributed by atoms with E-state index in [1.54, 1.807) is 0 Å². The molecule has 24 heavy (non-hydrogen) atoms. The summed E-state index contributed by atoms with van der Waals surface area (Å²) >= 11 is 0. The number of carbonyl (C=O) groups is 1. The second kappa shape index (κ2) is 6.13. The molecular weight excluding hydrogens is 344 g/mol. The van der Waals surface area contributed by atoms with E-state index in [0.717, 1.165) is 10.9 Å². The Balaban J connectivity index is 2.41. The van der Waals surface area contributed by atoms with Crippen LogP contribution >= 0.6 is 0 Å². The SMILES string of the molecule is Cc1ccc(-n2nccn2)c(C(=O)OC(C(F)(F)F)C(F)(F)F)c1. The minimum absolute atomic E-state index is 0.112. The van der Waals surface area contributed by atoms with Gasteiger partial charge >= 0.3 is 18.3 Å². The Labute approximate surface area is 130 Å². The van der Waals surface area contributed by atoms with Crippen LogP contribution in [0.4, 0.5) is 26.3 Å². The molecule has 0 unspecified atom stereocenters. The predicted molar refractivity (Wildman–Crippen MR) is 67.4 cm³/mol. The maximum absolute atomic E-state index is 12.5. The highest BCUT2D eigenvalue weighted by molar-refractivity contribution is 5.93. The van der Waals surface area contributed by atoms with Crippen LogP contribution in [0.3, 0.4) is 0 Å². The maximum atomic E-state index is 12.5. The van der Waals surface area contributed by atoms with Gasteiger partial charge in [-0.2, -0.15) is 41.3 Å². The summed E-state index contributed by atoms with van der Waals surface area (Å²) < 4.78 is 78.8. The molecule has 0 amide bonds. The molecule has 0 N–H and O–H groups in total. The van der Waals surface area contributed by atoms with Crippen molar-refractivity contribution in [1.82, 2.24) is 15.0 Å². The number of ether oxygens (including phenoxy) is 1. The highest BCUT2D eigenvalue weighted by atomic mass is 19.4. The third-order valence-corrected chi connectivity index (χ3v) is 2.83. The molecule has 0 saturated heterocycles. The number of halogens is 6. The number of carbonyl (C=O) groups excluding carboxylic acids is 1. The van der Waals surface area contributed by atoms with E-state index in [1.807, 2.05) is 0 Å². The average Bonchev–Trinajstić information content (AvgIpc) is 2.95. The standard InChI is InChI=1S/C13H9F6N3O2/c1-7-2-3-9(22-20-4-5-21-22)8(6-7)10(23)24-11(12(14,15)16)13(17,18)19/h2-6,11H,1H3. The van der Waals surface area contributed by atoms with Crippen molar-refractivity contribution >= 4 is 5.97 Å². The first kappa shape index (κ1) is 17.8. The van der Waals surface area contributed by atoms with E-state index in [-0.39, 0.29) is 5.69 Å². The van der Waals surface area contributed by atoms with Gasteiger partial charge in [-0.15, -0.1) is 0 Å². The van der Waals surface area contributed by atoms with Gasteiger partial charge in [0, 0.05) is 0 Å². The first-order valence-corrected chi connectivity index (χ1v) is 6.32. The van der Waals surface area contributed by atoms with Crippen LogP contribution < -0.4 is 0 Å². The van der Waals surface area contributed by atoms with Crippen LogP contribution in [0.25, 0.3) is 5.69 Å². The maximum Gasteiger partial charge on any atom is 0.434 e. The molecule has 0 fully saturated rings. The first-order valence-electron chi connectivity index (χ1n) is 6.32. The molecule has 1 aromatic heterocycles. The Hall–Kier alpha value is -2.59. The highest BCUT2D eigenvalue weighted by Gasteiger charge is 2.60. The van der Waals surface area contributed by atoms with E-state index in [9.17, 15) is 31.1 Å². The zero-order valence-electron chi connectivity index (χ0n) is 11.9. The van der Waals surface area contributed by atoms with Crippen LogP contribution in [-0.2, 0) is 4.74 Å². The molecule has 11 heteroatoms. The molecule has 0 aliphatic carbocycles. The lowest BCUT2D eigenvalue weighted by atomic mass is 10.1. The quantitative estimate of drug-likeness (QED) is 0.628. The summed E-state index contributed by atoms with van der Waals surface area (Å²) in [6.45, 7) is 1.50. The molecule has 2 aromatic rings. The fourth-order valence-corrected chi connectivity index (χ4v) is 1.82. The van der Waals surface area contributed by atoms with Crippen molar-refractivity contribution in [1.29, 1.82) is 0 Å². The first-order chi connectivity index (χ1) is 11.0. The third kappa shape index (κ3) is 3.84. The number of hydrogen-bond donors (Lipinski definition) is 0. The van der Waals surface area contributed by atoms with Gasteiger partial charge < -0.3 is 4.74 Å². The number of nitrogens with zero attached hydrogens (tertiary/aromatic N) is 3. The van der Waals surface area contributed by atoms with Crippen LogP contribution in [0.1, 0.15) is 15.9 Å². The van der Waals surface area contributed by atoms with Gasteiger partial charge in [-0.25, -0.2) is 4.79 Å². The van der Waals surface area contributed by atoms with Gasteiger partial charge in [0.1, 0.15) is 5.69 Å². The van der Waals surface area contributed by atoms with E-state index in [0.29, 0.717) is 5.56 Å². The Bertz CT molecular complexity index is 710. The van der Waals surface area contributed by atoms with E-state index in [1.165, 1.54) is 31.5 Å². The number of benzene rings is 1. The molecule has 5 nitrogen and oxygen atoms in total. The van der Waals surface area contributed by atoms with Gasteiger partial charge in [-0.1, -0.05) is 11.6 Å². The third-order valence-electron chi connectivity index (χ3n) is 2.83. The summed E-state index contributed by atoms with van der Waals surface area (Å²) in [5.41, 5.74) is -0.211. The van der Waals surface area contributed by atoms with Crippen LogP contribution in [0, 0.1) is 6.92 Å². The normalized spacial score (nSPS) is 12.5. The molecule has 1 heterocycles. The lowest BCUT2D eigenvalue weighted by Gasteiger charge is -2.23. The summed E-state index contributed by atoms with van der Waals surface area (Å²) in [6, 6.07) is 3.85. The molecule has 0 aliphatic heterocycles. The summed E-state index contributed by atoms with van der Waals surface area (Å²) in [5, 5.41) is 7.38. The van der Waals surface area contributed by atoms with Crippen LogP contribution in [-0.4, -0.2) is 39.4 Å². The van der Waals surface area contributed by atoms with Crippen LogP contribution in [0.5, 0.6) is 0 Å². The van der Waals surface area contributed by atoms with Crippen molar-refractivity contribution in [2.24, 2.45) is 0 Å². The van der Waals surface area contributed by atoms with Crippen molar-refractivity contribution in [2.75, 3.05) is 0 Å². The van der Waals surface area contributed by atoms with E-state index in [2.05, 4.69) is 14.9 Å². The molecule has 1 aromatic carbocycles. The van der Waals surface area contributed by atoms with Crippen LogP contribution in [0.2, 0.25) is 0 Å². The molecule has 0 saturated carbocycles. The lowest BCUT2D eigenvalue weighted by molar-refractivity contribution is -0.307. The molecular formula is C13H9F6N3O2. The van der Waals surface area contributed by atoms with Crippen LogP contribution in [0.15, 0.2) is 30.6 Å². The number of aromatic nitrogens is 3. The highest BCUT2D eigenvalue weighted by Crippen LogP contribution is 2.36. The molecule has 2 rings (SSSR count). The minimum atomic E-state index is -5.79. The largest absolute Gasteiger partial charge is 0.439 e. The molecule has 130 valence electrons. The van der Waals surface area contributed by atoms with Crippen molar-refractivity contribution in [3.63, 3.8) is 0 Å². The zero-order chi connectivity index (χ0) is 18.1. The monoisotopic (exact) mass is 353 g/mol. The zero-order valence-corrected chi connectivity index (χ0v) is 11.9. The Kier molecular flexibility index (Phi) is 4.54. The average molecular weight is 353 g/mol. The molecule has 0 aliphatic rings. The molecule has 0 bridgehead atoms. The smallest absolute Gasteiger partial charge is 0.434 e. The fourth-order valence-electron chi connectivity index (χ4n) is 1.82. The van der Waals surface area contributed by atoms with Crippen molar-refractivity contribution in [3.05, 3.63) is 41.7 Å². The van der Waals surface area contributed by atoms with Crippen molar-refractivity contribution in [3.8, 4) is 5.69 Å². The van der Waals surface area contributed by atoms with Gasteiger partial charge in [-0.05, 0) is 19.1 Å². The van der Waals surface area contributed by atoms with Gasteiger partial charge in [0.15, 0.2) is 0 Å². The van der Waals surface area contributed by atoms with Gasteiger partial charge in [-0.3, -0.25) is 0 Å². The number of rotatable bonds is 3. The van der Waals surface area contributed by atoms with Crippen molar-refractivity contribution < 1.29 is 35.9 Å². The lowest BCUT2D eigenvalue weighted by Crippen LogP contribution is -2.45. The van der Waals surface area contributed by atoms with Gasteiger partial charge in [0.2, 0.25) is 0 Å². The summed E-state index contributed by atoms with van der Waals surface area (Å²) in [6.07, 6.45) is -13.4. The molecule has 0 radical (unpaired) electrons. The van der Waals surface area contributed by atoms with Crippen molar-refractivity contribution in [2.45, 2.75) is 25.4 Å². The predicted octanol–water partition coefficient (Wildman–Crippen LogP) is 3.23. The van der Waals surface area contributed by atoms with E-state index < -0.39 is 30.0 Å². The number of hydrogen-bond acceptors (Lipinski definition) is 4. The van der Waals surface area contributed by atoms with E-state index in [4.69, 9.17) is 0 Å². The number of alkyl halides is 6. The number of aryl methyl sites for hydroxylation is 1. The summed E-state index contributed by atoms with van der Waals surface area (Å²) in [4.78, 5) is 12.8. The van der Waals surface area contributed by atoms with Gasteiger partial charge in [0.05, 0.1) is 18.0 Å². The van der Waals surface area contributed by atoms with Gasteiger partial charge in [0.25, 0.3) is 6.10 Å². The molecule has 0 spiro atoms.